The summed E-state index contributed by atoms with van der Waals surface area (Å²) in [5, 5.41) is 15.6. The van der Waals surface area contributed by atoms with Crippen LogP contribution in [-0.2, 0) is 15.8 Å². The molecule has 3 rings (SSSR count). The standard InChI is InChI=1S/C15H19F3N2.C4H4O4/c16-15(17,18)13-2-1-3-14(10-13)20-8-6-19(7-9-20)11-12-4-5-12;5-3(6)1-2-4(7)8/h1-3,10,12H,4-9,11H2;1-2H,(H,5,6)(H,7,8)/b;2-1-. The van der Waals surface area contributed by atoms with Crippen LogP contribution in [0.2, 0.25) is 0 Å². The molecule has 0 bridgehead atoms. The van der Waals surface area contributed by atoms with Gasteiger partial charge in [-0.3, -0.25) is 4.90 Å². The van der Waals surface area contributed by atoms with Gasteiger partial charge < -0.3 is 15.1 Å². The summed E-state index contributed by atoms with van der Waals surface area (Å²) in [5.41, 5.74) is 0.126. The second kappa shape index (κ2) is 9.59. The van der Waals surface area contributed by atoms with Gasteiger partial charge in [0.25, 0.3) is 0 Å². The first kappa shape index (κ1) is 21.7. The topological polar surface area (TPSA) is 81.1 Å². The molecule has 0 atom stereocenters. The van der Waals surface area contributed by atoms with Crippen molar-refractivity contribution in [1.29, 1.82) is 0 Å². The highest BCUT2D eigenvalue weighted by Crippen LogP contribution is 2.32. The van der Waals surface area contributed by atoms with Crippen LogP contribution in [0.15, 0.2) is 36.4 Å². The van der Waals surface area contributed by atoms with Crippen molar-refractivity contribution in [2.24, 2.45) is 5.92 Å². The Bertz CT molecular complexity index is 693. The fourth-order valence-electron chi connectivity index (χ4n) is 2.88. The van der Waals surface area contributed by atoms with Gasteiger partial charge in [-0.25, -0.2) is 9.59 Å². The van der Waals surface area contributed by atoms with Gasteiger partial charge in [0.15, 0.2) is 0 Å². The molecule has 1 aromatic carbocycles. The summed E-state index contributed by atoms with van der Waals surface area (Å²) in [7, 11) is 0. The number of rotatable bonds is 5. The molecule has 0 spiro atoms. The Morgan fingerprint density at radius 1 is 1.04 bits per heavy atom. The molecule has 2 aliphatic rings. The third-order valence-electron chi connectivity index (χ3n) is 4.49. The zero-order valence-corrected chi connectivity index (χ0v) is 15.2. The third kappa shape index (κ3) is 7.59. The van der Waals surface area contributed by atoms with Gasteiger partial charge in [-0.15, -0.1) is 0 Å². The molecule has 6 nitrogen and oxygen atoms in total. The van der Waals surface area contributed by atoms with E-state index in [0.29, 0.717) is 17.8 Å². The molecule has 28 heavy (non-hydrogen) atoms. The summed E-state index contributed by atoms with van der Waals surface area (Å²) in [6.45, 7) is 4.69. The number of aliphatic carboxylic acids is 2. The van der Waals surface area contributed by atoms with E-state index in [9.17, 15) is 22.8 Å². The predicted octanol–water partition coefficient (Wildman–Crippen LogP) is 2.95. The summed E-state index contributed by atoms with van der Waals surface area (Å²) in [6.07, 6.45) is -0.462. The van der Waals surface area contributed by atoms with Gasteiger partial charge in [0.1, 0.15) is 0 Å². The number of alkyl halides is 3. The maximum atomic E-state index is 12.7. The maximum Gasteiger partial charge on any atom is 0.416 e. The second-order valence-electron chi connectivity index (χ2n) is 6.79. The van der Waals surface area contributed by atoms with Crippen LogP contribution in [0.5, 0.6) is 0 Å². The lowest BCUT2D eigenvalue weighted by molar-refractivity contribution is -0.137. The molecule has 1 saturated heterocycles. The Kier molecular flexibility index (Phi) is 7.45. The molecule has 1 heterocycles. The average molecular weight is 400 g/mol. The number of piperazine rings is 1. The monoisotopic (exact) mass is 400 g/mol. The SMILES string of the molecule is FC(F)(F)c1cccc(N2CCN(CC3CC3)CC2)c1.O=C(O)/C=C\C(=O)O. The van der Waals surface area contributed by atoms with Gasteiger partial charge in [-0.05, 0) is 37.0 Å². The lowest BCUT2D eigenvalue weighted by Gasteiger charge is -2.36. The Hall–Kier alpha value is -2.55. The summed E-state index contributed by atoms with van der Waals surface area (Å²) in [5.74, 6) is -1.64. The normalized spacial score (nSPS) is 17.9. The summed E-state index contributed by atoms with van der Waals surface area (Å²) < 4.78 is 38.2. The first-order chi connectivity index (χ1) is 13.1. The molecule has 1 aliphatic carbocycles. The highest BCUT2D eigenvalue weighted by Gasteiger charge is 2.31. The smallest absolute Gasteiger partial charge is 0.416 e. The lowest BCUT2D eigenvalue weighted by Crippen LogP contribution is -2.47. The second-order valence-corrected chi connectivity index (χ2v) is 6.79. The van der Waals surface area contributed by atoms with Crippen molar-refractivity contribution in [3.05, 3.63) is 42.0 Å². The van der Waals surface area contributed by atoms with Crippen molar-refractivity contribution in [3.8, 4) is 0 Å². The van der Waals surface area contributed by atoms with Crippen molar-refractivity contribution < 1.29 is 33.0 Å². The minimum atomic E-state index is -4.26. The molecular formula is C19H23F3N2O4. The maximum absolute atomic E-state index is 12.7. The summed E-state index contributed by atoms with van der Waals surface area (Å²) in [4.78, 5) is 23.6. The van der Waals surface area contributed by atoms with Crippen molar-refractivity contribution in [2.75, 3.05) is 37.6 Å². The van der Waals surface area contributed by atoms with E-state index in [-0.39, 0.29) is 0 Å². The van der Waals surface area contributed by atoms with Crippen LogP contribution in [0, 0.1) is 5.92 Å². The zero-order valence-electron chi connectivity index (χ0n) is 15.2. The number of carboxylic acids is 2. The van der Waals surface area contributed by atoms with Crippen LogP contribution in [0.1, 0.15) is 18.4 Å². The van der Waals surface area contributed by atoms with Gasteiger partial charge in [0.2, 0.25) is 0 Å². The number of hydrogen-bond donors (Lipinski definition) is 2. The molecule has 0 aromatic heterocycles. The number of carbonyl (C=O) groups is 2. The number of anilines is 1. The largest absolute Gasteiger partial charge is 0.478 e. The van der Waals surface area contributed by atoms with Crippen molar-refractivity contribution >= 4 is 17.6 Å². The Balaban J connectivity index is 0.000000300. The van der Waals surface area contributed by atoms with Crippen LogP contribution in [-0.4, -0.2) is 59.8 Å². The molecule has 2 N–H and O–H groups in total. The van der Waals surface area contributed by atoms with Crippen molar-refractivity contribution in [2.45, 2.75) is 19.0 Å². The summed E-state index contributed by atoms with van der Waals surface area (Å²) in [6, 6.07) is 5.66. The quantitative estimate of drug-likeness (QED) is 0.740. The first-order valence-corrected chi connectivity index (χ1v) is 8.93. The molecule has 1 saturated carbocycles. The summed E-state index contributed by atoms with van der Waals surface area (Å²) >= 11 is 0. The Morgan fingerprint density at radius 3 is 2.07 bits per heavy atom. The van der Waals surface area contributed by atoms with Gasteiger partial charge in [0, 0.05) is 50.6 Å². The van der Waals surface area contributed by atoms with E-state index in [0.717, 1.165) is 44.7 Å². The zero-order chi connectivity index (χ0) is 20.7. The van der Waals surface area contributed by atoms with E-state index >= 15 is 0 Å². The number of halogens is 3. The number of hydrogen-bond acceptors (Lipinski definition) is 4. The number of carboxylic acid groups (broad SMARTS) is 2. The molecule has 9 heteroatoms. The van der Waals surface area contributed by atoms with Crippen LogP contribution in [0.4, 0.5) is 18.9 Å². The molecule has 0 amide bonds. The van der Waals surface area contributed by atoms with Crippen LogP contribution < -0.4 is 4.90 Å². The lowest BCUT2D eigenvalue weighted by atomic mass is 10.1. The van der Waals surface area contributed by atoms with Crippen molar-refractivity contribution in [1.82, 2.24) is 4.90 Å². The molecular weight excluding hydrogens is 377 g/mol. The molecule has 1 aromatic rings. The Morgan fingerprint density at radius 2 is 1.61 bits per heavy atom. The van der Waals surface area contributed by atoms with E-state index in [1.807, 2.05) is 0 Å². The fourth-order valence-corrected chi connectivity index (χ4v) is 2.88. The predicted molar refractivity (Wildman–Crippen MR) is 97.2 cm³/mol. The third-order valence-corrected chi connectivity index (χ3v) is 4.49. The van der Waals surface area contributed by atoms with Crippen molar-refractivity contribution in [3.63, 3.8) is 0 Å². The number of nitrogens with zero attached hydrogens (tertiary/aromatic N) is 2. The minimum absolute atomic E-state index is 0.558. The number of benzene rings is 1. The van der Waals surface area contributed by atoms with E-state index in [4.69, 9.17) is 10.2 Å². The van der Waals surface area contributed by atoms with E-state index in [1.165, 1.54) is 25.0 Å². The van der Waals surface area contributed by atoms with Gasteiger partial charge in [0.05, 0.1) is 5.56 Å². The minimum Gasteiger partial charge on any atom is -0.478 e. The molecule has 0 unspecified atom stereocenters. The highest BCUT2D eigenvalue weighted by molar-refractivity contribution is 5.89. The van der Waals surface area contributed by atoms with Crippen LogP contribution >= 0.6 is 0 Å². The molecule has 2 fully saturated rings. The van der Waals surface area contributed by atoms with Crippen LogP contribution in [0.25, 0.3) is 0 Å². The average Bonchev–Trinajstić information content (AvgIpc) is 3.45. The highest BCUT2D eigenvalue weighted by atomic mass is 19.4. The molecule has 1 aliphatic heterocycles. The van der Waals surface area contributed by atoms with Crippen LogP contribution in [0.3, 0.4) is 0 Å². The molecule has 0 radical (unpaired) electrons. The Labute approximate surface area is 160 Å². The van der Waals surface area contributed by atoms with E-state index < -0.39 is 23.7 Å². The van der Waals surface area contributed by atoms with Gasteiger partial charge >= 0.3 is 18.1 Å². The van der Waals surface area contributed by atoms with E-state index in [1.54, 1.807) is 6.07 Å². The van der Waals surface area contributed by atoms with E-state index in [2.05, 4.69) is 9.80 Å². The first-order valence-electron chi connectivity index (χ1n) is 8.93. The fraction of sp³-hybridized carbons (Fsp3) is 0.474. The molecule has 154 valence electrons. The van der Waals surface area contributed by atoms with Gasteiger partial charge in [-0.2, -0.15) is 13.2 Å². The van der Waals surface area contributed by atoms with Gasteiger partial charge in [-0.1, -0.05) is 6.07 Å².